The number of aromatic nitrogens is 3. The molecule has 244 valence electrons. The van der Waals surface area contributed by atoms with Crippen LogP contribution in [0.4, 0.5) is 0 Å². The highest BCUT2D eigenvalue weighted by Crippen LogP contribution is 2.43. The van der Waals surface area contributed by atoms with E-state index in [9.17, 15) is 0 Å². The number of rotatable bonds is 5. The van der Waals surface area contributed by atoms with Gasteiger partial charge in [-0.3, -0.25) is 0 Å². The van der Waals surface area contributed by atoms with E-state index >= 15 is 0 Å². The molecular formula is C46H40N3O+. The number of para-hydroxylation sites is 3. The minimum atomic E-state index is 0.295. The quantitative estimate of drug-likeness (QED) is 0.137. The van der Waals surface area contributed by atoms with Gasteiger partial charge >= 0.3 is 0 Å². The predicted molar refractivity (Wildman–Crippen MR) is 208 cm³/mol. The fourth-order valence-electron chi connectivity index (χ4n) is 7.93. The van der Waals surface area contributed by atoms with Crippen molar-refractivity contribution in [2.75, 3.05) is 0 Å². The Labute approximate surface area is 292 Å². The smallest absolute Gasteiger partial charge is 0.299 e. The molecule has 0 bridgehead atoms. The normalized spacial score (nSPS) is 12.2. The lowest BCUT2D eigenvalue weighted by atomic mass is 9.88. The van der Waals surface area contributed by atoms with Crippen LogP contribution >= 0.6 is 0 Å². The van der Waals surface area contributed by atoms with Crippen LogP contribution in [0.2, 0.25) is 0 Å². The third kappa shape index (κ3) is 4.59. The number of benzene rings is 6. The van der Waals surface area contributed by atoms with Crippen molar-refractivity contribution in [2.45, 2.75) is 46.5 Å². The van der Waals surface area contributed by atoms with Crippen LogP contribution in [0.1, 0.15) is 56.2 Å². The van der Waals surface area contributed by atoms with Crippen LogP contribution in [0.15, 0.2) is 126 Å². The first-order valence-electron chi connectivity index (χ1n) is 17.7. The molecule has 0 aliphatic carbocycles. The second-order valence-electron chi connectivity index (χ2n) is 14.3. The summed E-state index contributed by atoms with van der Waals surface area (Å²) in [5, 5.41) is 4.47. The molecular weight excluding hydrogens is 611 g/mol. The van der Waals surface area contributed by atoms with Gasteiger partial charge in [0.05, 0.1) is 18.1 Å². The van der Waals surface area contributed by atoms with Gasteiger partial charge < -0.3 is 4.42 Å². The molecule has 4 nitrogen and oxygen atoms in total. The number of nitrogens with zero attached hydrogens (tertiary/aromatic N) is 3. The maximum Gasteiger partial charge on any atom is 0.299 e. The van der Waals surface area contributed by atoms with Crippen molar-refractivity contribution in [2.24, 2.45) is 7.05 Å². The summed E-state index contributed by atoms with van der Waals surface area (Å²) in [5.41, 5.74) is 14.7. The first-order valence-corrected chi connectivity index (χ1v) is 17.7. The number of fused-ring (bicyclic) bond motifs is 6. The van der Waals surface area contributed by atoms with Crippen LogP contribution in [0.25, 0.3) is 83.0 Å². The molecule has 0 saturated carbocycles. The zero-order chi connectivity index (χ0) is 34.3. The molecule has 0 spiro atoms. The average Bonchev–Trinajstić information content (AvgIpc) is 3.63. The Morgan fingerprint density at radius 3 is 2.10 bits per heavy atom. The van der Waals surface area contributed by atoms with E-state index in [2.05, 4.69) is 166 Å². The van der Waals surface area contributed by atoms with E-state index in [1.807, 2.05) is 6.07 Å². The Morgan fingerprint density at radius 1 is 0.640 bits per heavy atom. The molecule has 0 radical (unpaired) electrons. The highest BCUT2D eigenvalue weighted by molar-refractivity contribution is 6.14. The SMILES string of the molecule is Cc1ccc2c(oc3cc4nc5ccccc5cc4cc32)c1-c1n(-c2c(C(C)C)cc(-c3ccccc3)cc2C(C)C)c2ccccc2[n+]1C. The number of aryl methyl sites for hydroxylation is 2. The van der Waals surface area contributed by atoms with Gasteiger partial charge in [0, 0.05) is 38.7 Å². The molecule has 0 N–H and O–H groups in total. The van der Waals surface area contributed by atoms with E-state index in [0.29, 0.717) is 11.8 Å². The van der Waals surface area contributed by atoms with Gasteiger partial charge in [0.15, 0.2) is 16.6 Å². The standard InChI is InChI=1S/C46H40N3O/c1-27(2)35-23-32(30-14-8-7-9-15-30)24-36(28(3)4)44(35)49-41-19-13-12-18-40(41)48(6)46(49)43-29(5)20-21-34-37-25-33-22-31-16-10-11-17-38(31)47-39(33)26-42(37)50-45(34)43/h7-28H,1-6H3/q+1. The van der Waals surface area contributed by atoms with Crippen LogP contribution in [0.5, 0.6) is 0 Å². The number of imidazole rings is 1. The highest BCUT2D eigenvalue weighted by atomic mass is 16.3. The van der Waals surface area contributed by atoms with Gasteiger partial charge in [-0.05, 0) is 77.9 Å². The van der Waals surface area contributed by atoms with E-state index in [0.717, 1.165) is 55.1 Å². The largest absolute Gasteiger partial charge is 0.455 e. The number of hydrogen-bond donors (Lipinski definition) is 0. The average molecular weight is 651 g/mol. The molecule has 9 aromatic rings. The molecule has 0 saturated heterocycles. The first-order chi connectivity index (χ1) is 24.3. The van der Waals surface area contributed by atoms with E-state index in [4.69, 9.17) is 9.40 Å². The summed E-state index contributed by atoms with van der Waals surface area (Å²) >= 11 is 0. The Balaban J connectivity index is 1.39. The monoisotopic (exact) mass is 650 g/mol. The maximum absolute atomic E-state index is 6.95. The third-order valence-electron chi connectivity index (χ3n) is 10.5. The van der Waals surface area contributed by atoms with Gasteiger partial charge in [-0.2, -0.15) is 4.57 Å². The van der Waals surface area contributed by atoms with Crippen molar-refractivity contribution in [3.63, 3.8) is 0 Å². The molecule has 50 heavy (non-hydrogen) atoms. The molecule has 0 fully saturated rings. The zero-order valence-corrected chi connectivity index (χ0v) is 29.5. The molecule has 3 aromatic heterocycles. The zero-order valence-electron chi connectivity index (χ0n) is 29.5. The van der Waals surface area contributed by atoms with Gasteiger partial charge in [-0.1, -0.05) is 100 Å². The summed E-state index contributed by atoms with van der Waals surface area (Å²) in [6.45, 7) is 11.5. The predicted octanol–water partition coefficient (Wildman–Crippen LogP) is 11.9. The Kier molecular flexibility index (Phi) is 6.93. The first kappa shape index (κ1) is 30.3. The minimum absolute atomic E-state index is 0.295. The molecule has 0 aliphatic heterocycles. The van der Waals surface area contributed by atoms with Crippen molar-refractivity contribution < 1.29 is 8.98 Å². The van der Waals surface area contributed by atoms with Crippen molar-refractivity contribution >= 4 is 54.8 Å². The Hall–Kier alpha value is -5.74. The second kappa shape index (κ2) is 11.4. The summed E-state index contributed by atoms with van der Waals surface area (Å²) in [6, 6.07) is 43.8. The van der Waals surface area contributed by atoms with E-state index in [1.165, 1.54) is 44.5 Å². The topological polar surface area (TPSA) is 34.8 Å². The van der Waals surface area contributed by atoms with Gasteiger partial charge in [0.1, 0.15) is 16.8 Å². The van der Waals surface area contributed by atoms with Gasteiger partial charge in [-0.25, -0.2) is 9.55 Å². The van der Waals surface area contributed by atoms with Crippen LogP contribution < -0.4 is 4.57 Å². The van der Waals surface area contributed by atoms with E-state index in [-0.39, 0.29) is 0 Å². The van der Waals surface area contributed by atoms with Crippen LogP contribution in [0.3, 0.4) is 0 Å². The lowest BCUT2D eigenvalue weighted by molar-refractivity contribution is -0.633. The summed E-state index contributed by atoms with van der Waals surface area (Å²) in [4.78, 5) is 5.01. The van der Waals surface area contributed by atoms with Crippen molar-refractivity contribution in [1.82, 2.24) is 9.55 Å². The highest BCUT2D eigenvalue weighted by Gasteiger charge is 2.34. The molecule has 0 amide bonds. The summed E-state index contributed by atoms with van der Waals surface area (Å²) in [5.74, 6) is 1.70. The fraction of sp³-hybridized carbons (Fsp3) is 0.174. The van der Waals surface area contributed by atoms with E-state index in [1.54, 1.807) is 0 Å². The molecule has 9 rings (SSSR count). The molecule has 0 aliphatic rings. The maximum atomic E-state index is 6.95. The number of pyridine rings is 1. The van der Waals surface area contributed by atoms with Crippen molar-refractivity contribution in [1.29, 1.82) is 0 Å². The van der Waals surface area contributed by atoms with Crippen molar-refractivity contribution in [3.8, 4) is 28.2 Å². The van der Waals surface area contributed by atoms with E-state index < -0.39 is 0 Å². The number of furan rings is 1. The van der Waals surface area contributed by atoms with Crippen LogP contribution in [-0.4, -0.2) is 9.55 Å². The Bertz CT molecular complexity index is 2750. The van der Waals surface area contributed by atoms with Crippen LogP contribution in [0, 0.1) is 6.92 Å². The lowest BCUT2D eigenvalue weighted by Gasteiger charge is -2.21. The molecule has 6 aromatic carbocycles. The third-order valence-corrected chi connectivity index (χ3v) is 10.5. The van der Waals surface area contributed by atoms with Crippen molar-refractivity contribution in [3.05, 3.63) is 138 Å². The summed E-state index contributed by atoms with van der Waals surface area (Å²) in [6.07, 6.45) is 0. The molecule has 0 unspecified atom stereocenters. The van der Waals surface area contributed by atoms with Gasteiger partial charge in [0.2, 0.25) is 0 Å². The molecule has 0 atom stereocenters. The second-order valence-corrected chi connectivity index (χ2v) is 14.3. The fourth-order valence-corrected chi connectivity index (χ4v) is 7.93. The number of hydrogen-bond acceptors (Lipinski definition) is 2. The Morgan fingerprint density at radius 2 is 1.34 bits per heavy atom. The molecule has 4 heteroatoms. The van der Waals surface area contributed by atoms with Gasteiger partial charge in [-0.15, -0.1) is 0 Å². The van der Waals surface area contributed by atoms with Gasteiger partial charge in [0.25, 0.3) is 5.82 Å². The van der Waals surface area contributed by atoms with Crippen LogP contribution in [-0.2, 0) is 7.05 Å². The summed E-state index contributed by atoms with van der Waals surface area (Å²) < 4.78 is 11.8. The minimum Gasteiger partial charge on any atom is -0.455 e. The summed E-state index contributed by atoms with van der Waals surface area (Å²) in [7, 11) is 2.20. The lowest BCUT2D eigenvalue weighted by Crippen LogP contribution is -2.30. The molecule has 3 heterocycles.